The molecule has 3 fully saturated rings. The molecule has 2 saturated heterocycles. The fraction of sp³-hybridized carbons (Fsp3) is 0.600. The minimum absolute atomic E-state index is 0.0346. The fourth-order valence-electron chi connectivity index (χ4n) is 5.29. The van der Waals surface area contributed by atoms with Crippen LogP contribution < -0.4 is 10.5 Å². The zero-order valence-corrected chi connectivity index (χ0v) is 21.2. The third kappa shape index (κ3) is 4.63. The highest BCUT2D eigenvalue weighted by Crippen LogP contribution is 2.39. The van der Waals surface area contributed by atoms with Crippen LogP contribution in [-0.4, -0.2) is 38.8 Å². The summed E-state index contributed by atoms with van der Waals surface area (Å²) < 4.78 is 2.38. The molecule has 0 spiro atoms. The van der Waals surface area contributed by atoms with Crippen LogP contribution in [0.5, 0.6) is 0 Å². The van der Waals surface area contributed by atoms with Gasteiger partial charge in [-0.3, -0.25) is 19.1 Å². The van der Waals surface area contributed by atoms with Crippen molar-refractivity contribution in [2.75, 3.05) is 18.0 Å². The van der Waals surface area contributed by atoms with Crippen LogP contribution in [0.4, 0.5) is 5.82 Å². The number of anilines is 1. The van der Waals surface area contributed by atoms with Crippen molar-refractivity contribution in [3.63, 3.8) is 0 Å². The van der Waals surface area contributed by atoms with Gasteiger partial charge in [-0.25, -0.2) is 0 Å². The van der Waals surface area contributed by atoms with Crippen molar-refractivity contribution < 1.29 is 4.79 Å². The summed E-state index contributed by atoms with van der Waals surface area (Å²) in [5.74, 6) is 0.814. The van der Waals surface area contributed by atoms with Gasteiger partial charge < -0.3 is 4.90 Å². The topological polar surface area (TPSA) is 69.3 Å². The number of nitriles is 1. The summed E-state index contributed by atoms with van der Waals surface area (Å²) in [4.78, 5) is 31.4. The van der Waals surface area contributed by atoms with E-state index in [1.54, 1.807) is 4.57 Å². The number of piperidine rings is 1. The van der Waals surface area contributed by atoms with Crippen LogP contribution >= 0.6 is 24.0 Å². The first-order chi connectivity index (χ1) is 16.0. The smallest absolute Gasteiger partial charge is 0.270 e. The zero-order valence-electron chi connectivity index (χ0n) is 19.6. The second-order valence-corrected chi connectivity index (χ2v) is 10.9. The number of carbonyl (C=O) groups is 1. The van der Waals surface area contributed by atoms with Gasteiger partial charge in [-0.05, 0) is 57.1 Å². The molecule has 3 heterocycles. The lowest BCUT2D eigenvalue weighted by molar-refractivity contribution is -0.124. The lowest BCUT2D eigenvalue weighted by Crippen LogP contribution is -2.39. The maximum absolute atomic E-state index is 13.5. The Hall–Kier alpha value is -2.11. The van der Waals surface area contributed by atoms with Gasteiger partial charge >= 0.3 is 0 Å². The average Bonchev–Trinajstić information content (AvgIpc) is 3.11. The second-order valence-electron chi connectivity index (χ2n) is 9.20. The van der Waals surface area contributed by atoms with Gasteiger partial charge in [-0.1, -0.05) is 50.2 Å². The first-order valence-corrected chi connectivity index (χ1v) is 13.4. The summed E-state index contributed by atoms with van der Waals surface area (Å²) in [6, 6.07) is 2.31. The van der Waals surface area contributed by atoms with Gasteiger partial charge in [0, 0.05) is 31.2 Å². The SMILES string of the molecule is CCCn1c(N2CCCCC2)c(/C=C2\SC(=S)N(C3CCCCC3)C2=O)c(C)c(C#N)c1=O. The minimum Gasteiger partial charge on any atom is -0.357 e. The Kier molecular flexibility index (Phi) is 7.60. The third-order valence-corrected chi connectivity index (χ3v) is 8.32. The molecule has 0 N–H and O–H groups in total. The van der Waals surface area contributed by atoms with Crippen LogP contribution in [0.15, 0.2) is 9.70 Å². The monoisotopic (exact) mass is 484 g/mol. The standard InChI is InChI=1S/C25H32N4O2S2/c1-3-12-28-22(27-13-8-5-9-14-27)19(17(2)20(16-26)23(28)30)15-21-24(31)29(25(32)33-21)18-10-6-4-7-11-18/h15,18H,3-14H2,1-2H3/b21-15-. The number of pyridine rings is 1. The summed E-state index contributed by atoms with van der Waals surface area (Å²) >= 11 is 6.98. The van der Waals surface area contributed by atoms with Gasteiger partial charge in [0.2, 0.25) is 0 Å². The Bertz CT molecular complexity index is 1070. The number of carbonyl (C=O) groups excluding carboxylic acids is 1. The molecule has 8 heteroatoms. The molecule has 1 aromatic heterocycles. The fourth-order valence-corrected chi connectivity index (χ4v) is 6.67. The Labute approximate surface area is 205 Å². The summed E-state index contributed by atoms with van der Waals surface area (Å²) in [6.07, 6.45) is 11.5. The number of hydrogen-bond acceptors (Lipinski definition) is 6. The van der Waals surface area contributed by atoms with Crippen LogP contribution in [0.3, 0.4) is 0 Å². The summed E-state index contributed by atoms with van der Waals surface area (Å²) in [5, 5.41) is 9.79. The molecule has 2 aliphatic heterocycles. The van der Waals surface area contributed by atoms with Crippen molar-refractivity contribution in [1.29, 1.82) is 5.26 Å². The van der Waals surface area contributed by atoms with E-state index in [9.17, 15) is 14.9 Å². The van der Waals surface area contributed by atoms with E-state index < -0.39 is 0 Å². The first kappa shape index (κ1) is 24.0. The Morgan fingerprint density at radius 1 is 1.12 bits per heavy atom. The van der Waals surface area contributed by atoms with Gasteiger partial charge in [0.15, 0.2) is 0 Å². The first-order valence-electron chi connectivity index (χ1n) is 12.2. The number of aromatic nitrogens is 1. The predicted molar refractivity (Wildman–Crippen MR) is 138 cm³/mol. The molecule has 0 aromatic carbocycles. The third-order valence-electron chi connectivity index (χ3n) is 6.99. The van der Waals surface area contributed by atoms with Crippen LogP contribution in [0.2, 0.25) is 0 Å². The molecule has 3 aliphatic rings. The summed E-state index contributed by atoms with van der Waals surface area (Å²) in [7, 11) is 0. The Morgan fingerprint density at radius 2 is 1.79 bits per heavy atom. The largest absolute Gasteiger partial charge is 0.357 e. The maximum atomic E-state index is 13.5. The minimum atomic E-state index is -0.232. The zero-order chi connectivity index (χ0) is 23.5. The number of thioether (sulfide) groups is 1. The molecule has 0 radical (unpaired) electrons. The van der Waals surface area contributed by atoms with E-state index in [2.05, 4.69) is 11.0 Å². The Morgan fingerprint density at radius 3 is 2.42 bits per heavy atom. The van der Waals surface area contributed by atoms with E-state index in [0.717, 1.165) is 69.4 Å². The van der Waals surface area contributed by atoms with Crippen molar-refractivity contribution in [2.24, 2.45) is 0 Å². The number of amides is 1. The van der Waals surface area contributed by atoms with E-state index >= 15 is 0 Å². The molecule has 0 atom stereocenters. The van der Waals surface area contributed by atoms with E-state index in [1.165, 1.54) is 24.6 Å². The summed E-state index contributed by atoms with van der Waals surface area (Å²) in [6.45, 7) is 6.16. The van der Waals surface area contributed by atoms with Crippen LogP contribution in [-0.2, 0) is 11.3 Å². The number of hydrogen-bond donors (Lipinski definition) is 0. The predicted octanol–water partition coefficient (Wildman–Crippen LogP) is 4.96. The van der Waals surface area contributed by atoms with Gasteiger partial charge in [0.05, 0.1) is 4.91 Å². The quantitative estimate of drug-likeness (QED) is 0.434. The molecule has 176 valence electrons. The molecule has 0 unspecified atom stereocenters. The van der Waals surface area contributed by atoms with E-state index in [0.29, 0.717) is 21.3 Å². The van der Waals surface area contributed by atoms with Gasteiger partial charge in [-0.15, -0.1) is 0 Å². The molecule has 33 heavy (non-hydrogen) atoms. The maximum Gasteiger partial charge on any atom is 0.270 e. The molecule has 6 nitrogen and oxygen atoms in total. The van der Waals surface area contributed by atoms with Gasteiger partial charge in [0.25, 0.3) is 11.5 Å². The molecule has 0 bridgehead atoms. The van der Waals surface area contributed by atoms with Crippen molar-refractivity contribution in [3.05, 3.63) is 31.9 Å². The summed E-state index contributed by atoms with van der Waals surface area (Å²) in [5.41, 5.74) is 1.39. The van der Waals surface area contributed by atoms with E-state index in [1.807, 2.05) is 24.8 Å². The lowest BCUT2D eigenvalue weighted by atomic mass is 9.94. The number of thiocarbonyl (C=S) groups is 1. The highest BCUT2D eigenvalue weighted by atomic mass is 32.2. The van der Waals surface area contributed by atoms with Crippen molar-refractivity contribution in [3.8, 4) is 6.07 Å². The lowest BCUT2D eigenvalue weighted by Gasteiger charge is -2.33. The normalized spacial score (nSPS) is 21.2. The average molecular weight is 485 g/mol. The van der Waals surface area contributed by atoms with E-state index in [4.69, 9.17) is 12.2 Å². The molecule has 1 saturated carbocycles. The molecule has 1 aliphatic carbocycles. The van der Waals surface area contributed by atoms with Crippen molar-refractivity contribution in [2.45, 2.75) is 84.2 Å². The highest BCUT2D eigenvalue weighted by Gasteiger charge is 2.38. The molecule has 1 aromatic rings. The van der Waals surface area contributed by atoms with E-state index in [-0.39, 0.29) is 23.1 Å². The molecule has 4 rings (SSSR count). The van der Waals surface area contributed by atoms with Crippen molar-refractivity contribution >= 4 is 46.1 Å². The van der Waals surface area contributed by atoms with Crippen LogP contribution in [0.1, 0.15) is 81.4 Å². The van der Waals surface area contributed by atoms with Crippen molar-refractivity contribution in [1.82, 2.24) is 9.47 Å². The van der Waals surface area contributed by atoms with Crippen LogP contribution in [0, 0.1) is 18.3 Å². The molecular weight excluding hydrogens is 452 g/mol. The molecule has 1 amide bonds. The number of nitrogens with zero attached hydrogens (tertiary/aromatic N) is 4. The highest BCUT2D eigenvalue weighted by molar-refractivity contribution is 8.26. The van der Waals surface area contributed by atoms with Crippen LogP contribution in [0.25, 0.3) is 6.08 Å². The van der Waals surface area contributed by atoms with Gasteiger partial charge in [0.1, 0.15) is 21.8 Å². The van der Waals surface area contributed by atoms with Gasteiger partial charge in [-0.2, -0.15) is 5.26 Å². The number of rotatable bonds is 5. The Balaban J connectivity index is 1.84. The second kappa shape index (κ2) is 10.4. The molecular formula is C25H32N4O2S2.